The highest BCUT2D eigenvalue weighted by molar-refractivity contribution is 4.86. The Balaban J connectivity index is 1.89. The second-order valence-electron chi connectivity index (χ2n) is 5.64. The summed E-state index contributed by atoms with van der Waals surface area (Å²) in [7, 11) is 0. The minimum Gasteiger partial charge on any atom is -0.315 e. The lowest BCUT2D eigenvalue weighted by Crippen LogP contribution is -2.41. The van der Waals surface area contributed by atoms with Crippen LogP contribution in [0, 0.1) is 5.92 Å². The number of nitrogens with zero attached hydrogens (tertiary/aromatic N) is 2. The predicted octanol–water partition coefficient (Wildman–Crippen LogP) is 1.20. The van der Waals surface area contributed by atoms with Crippen molar-refractivity contribution in [2.45, 2.75) is 52.1 Å². The molecule has 20 heavy (non-hydrogen) atoms. The normalized spacial score (nSPS) is 15.8. The lowest BCUT2D eigenvalue weighted by atomic mass is 10.1. The quantitative estimate of drug-likeness (QED) is 0.763. The van der Waals surface area contributed by atoms with Crippen LogP contribution in [0.5, 0.6) is 0 Å². The van der Waals surface area contributed by atoms with Crippen molar-refractivity contribution in [1.82, 2.24) is 14.5 Å². The Morgan fingerprint density at radius 2 is 2.00 bits per heavy atom. The van der Waals surface area contributed by atoms with Gasteiger partial charge in [-0.05, 0) is 31.7 Å². The molecule has 0 saturated heterocycles. The van der Waals surface area contributed by atoms with Gasteiger partial charge in [-0.2, -0.15) is 0 Å². The van der Waals surface area contributed by atoms with E-state index in [1.807, 2.05) is 6.92 Å². The van der Waals surface area contributed by atoms with Crippen LogP contribution < -0.4 is 16.6 Å². The molecule has 0 bridgehead atoms. The Morgan fingerprint density at radius 1 is 1.25 bits per heavy atom. The summed E-state index contributed by atoms with van der Waals surface area (Å²) in [6.45, 7) is 4.82. The minimum absolute atomic E-state index is 0.193. The average Bonchev–Trinajstić information content (AvgIpc) is 2.94. The summed E-state index contributed by atoms with van der Waals surface area (Å²) in [5.74, 6) is 0.777. The molecule has 0 aliphatic heterocycles. The third kappa shape index (κ3) is 3.82. The van der Waals surface area contributed by atoms with E-state index in [0.717, 1.165) is 18.9 Å². The van der Waals surface area contributed by atoms with Gasteiger partial charge in [-0.3, -0.25) is 9.36 Å². The van der Waals surface area contributed by atoms with Gasteiger partial charge in [0.25, 0.3) is 5.56 Å². The SMILES string of the molecule is CCCn1ccc(=O)n(CCNCC2CCCC2)c1=O. The van der Waals surface area contributed by atoms with Crippen molar-refractivity contribution in [3.05, 3.63) is 33.1 Å². The topological polar surface area (TPSA) is 56.0 Å². The zero-order chi connectivity index (χ0) is 14.4. The van der Waals surface area contributed by atoms with Crippen LogP contribution in [-0.4, -0.2) is 22.2 Å². The van der Waals surface area contributed by atoms with Crippen molar-refractivity contribution >= 4 is 0 Å². The highest BCUT2D eigenvalue weighted by Gasteiger charge is 2.14. The number of hydrogen-bond donors (Lipinski definition) is 1. The lowest BCUT2D eigenvalue weighted by Gasteiger charge is -2.12. The maximum absolute atomic E-state index is 12.1. The molecule has 0 unspecified atom stereocenters. The molecular formula is C15H25N3O2. The van der Waals surface area contributed by atoms with Gasteiger partial charge < -0.3 is 9.88 Å². The molecule has 0 amide bonds. The van der Waals surface area contributed by atoms with Crippen molar-refractivity contribution < 1.29 is 0 Å². The molecule has 0 spiro atoms. The minimum atomic E-state index is -0.204. The van der Waals surface area contributed by atoms with E-state index in [2.05, 4.69) is 5.32 Å². The zero-order valence-corrected chi connectivity index (χ0v) is 12.3. The second-order valence-corrected chi connectivity index (χ2v) is 5.64. The van der Waals surface area contributed by atoms with E-state index in [1.54, 1.807) is 10.8 Å². The molecule has 1 N–H and O–H groups in total. The van der Waals surface area contributed by atoms with E-state index in [9.17, 15) is 9.59 Å². The molecule has 1 aromatic rings. The molecule has 0 atom stereocenters. The van der Waals surface area contributed by atoms with Gasteiger partial charge >= 0.3 is 5.69 Å². The summed E-state index contributed by atoms with van der Waals surface area (Å²) in [6.07, 6.45) is 7.77. The van der Waals surface area contributed by atoms with Crippen LogP contribution in [0.1, 0.15) is 39.0 Å². The van der Waals surface area contributed by atoms with Crippen LogP contribution >= 0.6 is 0 Å². The van der Waals surface area contributed by atoms with Crippen LogP contribution in [0.3, 0.4) is 0 Å². The molecule has 1 aromatic heterocycles. The number of hydrogen-bond acceptors (Lipinski definition) is 3. The molecule has 1 aliphatic carbocycles. The largest absolute Gasteiger partial charge is 0.331 e. The Bertz CT molecular complexity index is 527. The average molecular weight is 279 g/mol. The molecule has 112 valence electrons. The Kier molecular flexibility index (Phi) is 5.59. The number of rotatable bonds is 7. The molecule has 0 radical (unpaired) electrons. The van der Waals surface area contributed by atoms with Gasteiger partial charge in [0, 0.05) is 31.9 Å². The Labute approximate surface area is 119 Å². The zero-order valence-electron chi connectivity index (χ0n) is 12.3. The smallest absolute Gasteiger partial charge is 0.315 e. The van der Waals surface area contributed by atoms with Gasteiger partial charge in [-0.15, -0.1) is 0 Å². The summed E-state index contributed by atoms with van der Waals surface area (Å²) < 4.78 is 2.94. The van der Waals surface area contributed by atoms with Gasteiger partial charge in [0.1, 0.15) is 0 Å². The van der Waals surface area contributed by atoms with Crippen LogP contribution in [0.2, 0.25) is 0 Å². The van der Waals surface area contributed by atoms with Crippen LogP contribution in [0.4, 0.5) is 0 Å². The van der Waals surface area contributed by atoms with E-state index in [0.29, 0.717) is 19.6 Å². The van der Waals surface area contributed by atoms with Gasteiger partial charge in [0.2, 0.25) is 0 Å². The number of nitrogens with one attached hydrogen (secondary N) is 1. The molecule has 1 heterocycles. The molecule has 0 aromatic carbocycles. The summed E-state index contributed by atoms with van der Waals surface area (Å²) in [5, 5.41) is 3.37. The standard InChI is InChI=1S/C15H25N3O2/c1-2-9-17-10-7-14(19)18(15(17)20)11-8-16-12-13-5-3-4-6-13/h7,10,13,16H,2-6,8-9,11-12H2,1H3. The maximum Gasteiger partial charge on any atom is 0.331 e. The molecule has 5 nitrogen and oxygen atoms in total. The summed E-state index contributed by atoms with van der Waals surface area (Å²) in [4.78, 5) is 23.9. The Morgan fingerprint density at radius 3 is 2.70 bits per heavy atom. The van der Waals surface area contributed by atoms with E-state index < -0.39 is 0 Å². The van der Waals surface area contributed by atoms with E-state index in [-0.39, 0.29) is 11.2 Å². The summed E-state index contributed by atoms with van der Waals surface area (Å²) in [5.41, 5.74) is -0.396. The van der Waals surface area contributed by atoms with E-state index in [1.165, 1.54) is 36.3 Å². The predicted molar refractivity (Wildman–Crippen MR) is 80.1 cm³/mol. The molecular weight excluding hydrogens is 254 g/mol. The van der Waals surface area contributed by atoms with Gasteiger partial charge in [0.05, 0.1) is 0 Å². The first kappa shape index (κ1) is 15.0. The van der Waals surface area contributed by atoms with Crippen LogP contribution in [-0.2, 0) is 13.1 Å². The molecule has 1 saturated carbocycles. The van der Waals surface area contributed by atoms with E-state index >= 15 is 0 Å². The first-order valence-electron chi connectivity index (χ1n) is 7.73. The highest BCUT2D eigenvalue weighted by atomic mass is 16.2. The van der Waals surface area contributed by atoms with Gasteiger partial charge in [-0.1, -0.05) is 19.8 Å². The fourth-order valence-electron chi connectivity index (χ4n) is 2.89. The van der Waals surface area contributed by atoms with Crippen molar-refractivity contribution in [2.75, 3.05) is 13.1 Å². The van der Waals surface area contributed by atoms with Crippen molar-refractivity contribution in [1.29, 1.82) is 0 Å². The maximum atomic E-state index is 12.1. The summed E-state index contributed by atoms with van der Waals surface area (Å²) in [6, 6.07) is 1.48. The number of aromatic nitrogens is 2. The fraction of sp³-hybridized carbons (Fsp3) is 0.733. The Hall–Kier alpha value is -1.36. The summed E-state index contributed by atoms with van der Waals surface area (Å²) >= 11 is 0. The molecule has 5 heteroatoms. The second kappa shape index (κ2) is 7.43. The fourth-order valence-corrected chi connectivity index (χ4v) is 2.89. The van der Waals surface area contributed by atoms with Crippen molar-refractivity contribution in [2.24, 2.45) is 5.92 Å². The molecule has 1 fully saturated rings. The molecule has 2 rings (SSSR count). The first-order chi connectivity index (χ1) is 9.72. The number of aryl methyl sites for hydroxylation is 1. The van der Waals surface area contributed by atoms with E-state index in [4.69, 9.17) is 0 Å². The first-order valence-corrected chi connectivity index (χ1v) is 7.73. The third-order valence-electron chi connectivity index (χ3n) is 4.02. The third-order valence-corrected chi connectivity index (χ3v) is 4.02. The van der Waals surface area contributed by atoms with Gasteiger partial charge in [-0.25, -0.2) is 4.79 Å². The lowest BCUT2D eigenvalue weighted by molar-refractivity contribution is 0.462. The van der Waals surface area contributed by atoms with Gasteiger partial charge in [0.15, 0.2) is 0 Å². The van der Waals surface area contributed by atoms with Crippen LogP contribution in [0.15, 0.2) is 21.9 Å². The van der Waals surface area contributed by atoms with Crippen molar-refractivity contribution in [3.8, 4) is 0 Å². The van der Waals surface area contributed by atoms with Crippen LogP contribution in [0.25, 0.3) is 0 Å². The molecule has 1 aliphatic rings. The van der Waals surface area contributed by atoms with Crippen molar-refractivity contribution in [3.63, 3.8) is 0 Å². The monoisotopic (exact) mass is 279 g/mol. The highest BCUT2D eigenvalue weighted by Crippen LogP contribution is 2.23.